The molecule has 0 aromatic heterocycles. The van der Waals surface area contributed by atoms with Gasteiger partial charge in [-0.15, -0.1) is 0 Å². The van der Waals surface area contributed by atoms with Crippen molar-refractivity contribution < 1.29 is 22.6 Å². The predicted molar refractivity (Wildman–Crippen MR) is 135 cm³/mol. The average Bonchev–Trinajstić information content (AvgIpc) is 2.82. The fourth-order valence-corrected chi connectivity index (χ4v) is 11.0. The molecule has 0 aliphatic heterocycles. The minimum absolute atomic E-state index is 0.234. The topological polar surface area (TPSA) is 9.23 Å². The number of ether oxygens (including phenoxy) is 1. The first-order chi connectivity index (χ1) is 15.2. The van der Waals surface area contributed by atoms with E-state index >= 15 is 0 Å². The zero-order valence-electron chi connectivity index (χ0n) is 20.0. The Morgan fingerprint density at radius 2 is 1.16 bits per heavy atom. The summed E-state index contributed by atoms with van der Waals surface area (Å²) in [5.41, 5.74) is 4.70. The van der Waals surface area contributed by atoms with Crippen LogP contribution in [0.1, 0.15) is 116 Å². The molecule has 0 spiro atoms. The van der Waals surface area contributed by atoms with E-state index in [-0.39, 0.29) is 6.10 Å². The van der Waals surface area contributed by atoms with E-state index in [9.17, 15) is 0 Å². The van der Waals surface area contributed by atoms with E-state index in [0.717, 1.165) is 11.3 Å². The second-order valence-corrected chi connectivity index (χ2v) is 13.7. The van der Waals surface area contributed by atoms with Crippen molar-refractivity contribution in [2.75, 3.05) is 0 Å². The van der Waals surface area contributed by atoms with Gasteiger partial charge in [0.25, 0.3) is 0 Å². The zero-order valence-corrected chi connectivity index (χ0v) is 22.6. The van der Waals surface area contributed by atoms with Gasteiger partial charge in [-0.3, -0.25) is 0 Å². The molecule has 4 rings (SSSR count). The summed E-state index contributed by atoms with van der Waals surface area (Å²) in [5, 5.41) is 0. The van der Waals surface area contributed by atoms with Crippen molar-refractivity contribution in [2.24, 2.45) is 0 Å². The zero-order chi connectivity index (χ0) is 21.9. The quantitative estimate of drug-likeness (QED) is 0.265. The number of benzene rings is 1. The van der Waals surface area contributed by atoms with Crippen LogP contribution in [0.2, 0.25) is 0 Å². The Hall–Kier alpha value is -0.0566. The number of hydrogen-bond acceptors (Lipinski definition) is 1. The third-order valence-electron chi connectivity index (χ3n) is 7.38. The molecule has 0 amide bonds. The molecule has 0 bridgehead atoms. The van der Waals surface area contributed by atoms with E-state index in [1.165, 1.54) is 36.2 Å². The predicted octanol–water partition coefficient (Wildman–Crippen LogP) is 8.64. The molecule has 3 aliphatic rings. The Balaban J connectivity index is 0.000000196. The van der Waals surface area contributed by atoms with Crippen molar-refractivity contribution >= 4 is 12.5 Å². The van der Waals surface area contributed by atoms with Crippen LogP contribution in [0.15, 0.2) is 24.3 Å². The first-order valence-corrected chi connectivity index (χ1v) is 15.7. The van der Waals surface area contributed by atoms with Crippen LogP contribution >= 0.6 is 7.92 Å². The first kappa shape index (κ1) is 25.6. The maximum absolute atomic E-state index is 5.59. The van der Waals surface area contributed by atoms with Crippen molar-refractivity contribution in [3.05, 3.63) is 29.8 Å². The fraction of sp³-hybridized carbons (Fsp3) is 0.750. The molecule has 1 aromatic carbocycles. The van der Waals surface area contributed by atoms with Crippen molar-refractivity contribution in [3.8, 4) is 5.75 Å². The van der Waals surface area contributed by atoms with Crippen LogP contribution in [0.5, 0.6) is 5.75 Å². The van der Waals surface area contributed by atoms with Gasteiger partial charge in [0.15, 0.2) is 0 Å². The molecule has 1 nitrogen and oxygen atoms in total. The van der Waals surface area contributed by atoms with E-state index in [1.807, 2.05) is 42.7 Å². The summed E-state index contributed by atoms with van der Waals surface area (Å²) in [7, 11) is 0.385. The third kappa shape index (κ3) is 8.34. The molecular weight excluding hydrogens is 484 g/mol. The van der Waals surface area contributed by atoms with E-state index in [1.54, 1.807) is 77.0 Å². The summed E-state index contributed by atoms with van der Waals surface area (Å²) < 4.78 is 7.58. The number of hydrogen-bond donors (Lipinski definition) is 0. The third-order valence-corrected chi connectivity index (χ3v) is 12.0. The summed E-state index contributed by atoms with van der Waals surface area (Å²) in [6.07, 6.45) is 23.9. The molecule has 3 heteroatoms. The molecule has 1 aromatic rings. The summed E-state index contributed by atoms with van der Waals surface area (Å²) in [4.78, 5) is 0. The van der Waals surface area contributed by atoms with Gasteiger partial charge >= 0.3 is 82.7 Å². The Morgan fingerprint density at radius 3 is 1.55 bits per heavy atom. The van der Waals surface area contributed by atoms with Gasteiger partial charge in [-0.25, -0.2) is 0 Å². The number of rotatable bonds is 6. The van der Waals surface area contributed by atoms with Crippen molar-refractivity contribution in [2.45, 2.75) is 133 Å². The van der Waals surface area contributed by atoms with Crippen LogP contribution in [0, 0.1) is 0 Å². The van der Waals surface area contributed by atoms with E-state index in [2.05, 4.69) is 17.9 Å². The van der Waals surface area contributed by atoms with Gasteiger partial charge in [0.2, 0.25) is 0 Å². The molecule has 3 fully saturated rings. The minimum atomic E-state index is 0.234. The van der Waals surface area contributed by atoms with Gasteiger partial charge in [-0.2, -0.15) is 0 Å². The molecular formula is C28H45OPRu. The normalized spacial score (nSPS) is 21.6. The Morgan fingerprint density at radius 1 is 0.742 bits per heavy atom. The van der Waals surface area contributed by atoms with Crippen LogP contribution in [0.3, 0.4) is 0 Å². The fourth-order valence-electron chi connectivity index (χ4n) is 5.96. The van der Waals surface area contributed by atoms with Crippen LogP contribution < -0.4 is 4.74 Å². The summed E-state index contributed by atoms with van der Waals surface area (Å²) >= 11 is 2.49. The molecule has 0 radical (unpaired) electrons. The molecule has 0 unspecified atom stereocenters. The van der Waals surface area contributed by atoms with Gasteiger partial charge in [-0.05, 0) is 55.5 Å². The van der Waals surface area contributed by atoms with Crippen molar-refractivity contribution in [1.29, 1.82) is 0 Å². The van der Waals surface area contributed by atoms with Gasteiger partial charge in [0.1, 0.15) is 0 Å². The van der Waals surface area contributed by atoms with Crippen molar-refractivity contribution in [1.82, 2.24) is 0 Å². The monoisotopic (exact) mass is 530 g/mol. The van der Waals surface area contributed by atoms with Gasteiger partial charge in [-0.1, -0.05) is 65.7 Å². The van der Waals surface area contributed by atoms with Gasteiger partial charge in [0, 0.05) is 0 Å². The van der Waals surface area contributed by atoms with Crippen LogP contribution in [-0.4, -0.2) is 27.7 Å². The molecule has 0 N–H and O–H groups in total. The van der Waals surface area contributed by atoms with E-state index in [4.69, 9.17) is 4.74 Å². The Kier molecular flexibility index (Phi) is 11.8. The van der Waals surface area contributed by atoms with Crippen LogP contribution in [-0.2, 0) is 17.9 Å². The van der Waals surface area contributed by atoms with Gasteiger partial charge in [0.05, 0.1) is 0 Å². The molecule has 3 saturated carbocycles. The Labute approximate surface area is 203 Å². The molecule has 0 heterocycles. The number of para-hydroxylation sites is 1. The average molecular weight is 530 g/mol. The van der Waals surface area contributed by atoms with Gasteiger partial charge < -0.3 is 0 Å². The first-order valence-electron chi connectivity index (χ1n) is 13.1. The molecule has 0 atom stereocenters. The van der Waals surface area contributed by atoms with Crippen molar-refractivity contribution in [3.63, 3.8) is 0 Å². The Bertz CT molecular complexity index is 585. The second kappa shape index (κ2) is 14.3. The van der Waals surface area contributed by atoms with E-state index in [0.29, 0.717) is 7.92 Å². The molecule has 31 heavy (non-hydrogen) atoms. The maximum atomic E-state index is 5.59. The SMILES string of the molecule is C1CCC(P(C2CCCCC2)C2CCCCC2)CC1.CC(C)Oc1ccccc1[CH]=[Ru]. The molecule has 3 aliphatic carbocycles. The van der Waals surface area contributed by atoms with Crippen LogP contribution in [0.25, 0.3) is 0 Å². The van der Waals surface area contributed by atoms with E-state index < -0.39 is 0 Å². The van der Waals surface area contributed by atoms with Crippen LogP contribution in [0.4, 0.5) is 0 Å². The summed E-state index contributed by atoms with van der Waals surface area (Å²) in [6, 6.07) is 8.01. The molecule has 0 saturated heterocycles. The molecule has 176 valence electrons. The summed E-state index contributed by atoms with van der Waals surface area (Å²) in [6.45, 7) is 4.06. The standard InChI is InChI=1S/C18H33P.C10H12O.Ru/c1-4-10-16(11-5-1)19(17-12-6-2-7-13-17)18-14-8-3-9-15-18;1-8(2)11-10-7-5-4-6-9(10)3;/h16-18H,1-15H2;3-8H,1-2H3;. The summed E-state index contributed by atoms with van der Waals surface area (Å²) in [5.74, 6) is 0.950. The second-order valence-electron chi connectivity index (χ2n) is 10.1.